The van der Waals surface area contributed by atoms with Gasteiger partial charge in [0.05, 0.1) is 16.6 Å². The first-order valence-corrected chi connectivity index (χ1v) is 14.1. The summed E-state index contributed by atoms with van der Waals surface area (Å²) in [6, 6.07) is 6.70. The number of pyridine rings is 2. The smallest absolute Gasteiger partial charge is 0.355 e. The van der Waals surface area contributed by atoms with E-state index >= 15 is 4.39 Å². The fraction of sp³-hybridized carbons (Fsp3) is 0.222. The van der Waals surface area contributed by atoms with E-state index in [9.17, 15) is 27.5 Å². The highest BCUT2D eigenvalue weighted by Crippen LogP contribution is 2.36. The third kappa shape index (κ3) is 4.86. The Bertz CT molecular complexity index is 1900. The van der Waals surface area contributed by atoms with E-state index in [0.717, 1.165) is 22.8 Å². The van der Waals surface area contributed by atoms with Gasteiger partial charge in [0.25, 0.3) is 10.0 Å². The number of carbonyl (C=O) groups excluding carboxylic acids is 1. The monoisotopic (exact) mass is 597 g/mol. The fourth-order valence-electron chi connectivity index (χ4n) is 4.92. The molecule has 1 saturated heterocycles. The number of fused-ring (bicyclic) bond motifs is 1. The van der Waals surface area contributed by atoms with E-state index in [2.05, 4.69) is 26.3 Å². The van der Waals surface area contributed by atoms with Crippen LogP contribution in [0.2, 0.25) is 0 Å². The van der Waals surface area contributed by atoms with Gasteiger partial charge in [-0.25, -0.2) is 41.3 Å². The van der Waals surface area contributed by atoms with Crippen molar-refractivity contribution in [1.29, 1.82) is 0 Å². The molecule has 4 aromatic rings. The lowest BCUT2D eigenvalue weighted by molar-refractivity contribution is -0.126. The van der Waals surface area contributed by atoms with Crippen molar-refractivity contribution >= 4 is 32.8 Å². The van der Waals surface area contributed by atoms with E-state index < -0.39 is 49.4 Å². The zero-order valence-electron chi connectivity index (χ0n) is 22.5. The summed E-state index contributed by atoms with van der Waals surface area (Å²) in [7, 11) is -3.04. The molecule has 218 valence electrons. The number of sulfonamides is 1. The number of halogens is 2. The number of amides is 1. The molecule has 1 amide bonds. The number of piperazine rings is 1. The van der Waals surface area contributed by atoms with Crippen LogP contribution in [-0.2, 0) is 14.8 Å². The number of nitrogens with zero attached hydrogens (tertiary/aromatic N) is 6. The summed E-state index contributed by atoms with van der Waals surface area (Å²) >= 11 is 0. The molecule has 0 radical (unpaired) electrons. The van der Waals surface area contributed by atoms with Crippen molar-refractivity contribution in [3.8, 4) is 22.7 Å². The van der Waals surface area contributed by atoms with E-state index in [4.69, 9.17) is 0 Å². The second-order valence-corrected chi connectivity index (χ2v) is 11.2. The van der Waals surface area contributed by atoms with E-state index in [1.54, 1.807) is 16.7 Å². The number of aromatic nitrogens is 4. The number of aromatic hydroxyl groups is 1. The highest BCUT2D eigenvalue weighted by atomic mass is 32.2. The molecule has 2 N–H and O–H groups in total. The van der Waals surface area contributed by atoms with Crippen LogP contribution in [0.25, 0.3) is 28.0 Å². The van der Waals surface area contributed by atoms with Crippen LogP contribution >= 0.6 is 0 Å². The Kier molecular flexibility index (Phi) is 7.47. The van der Waals surface area contributed by atoms with Gasteiger partial charge in [-0.1, -0.05) is 12.6 Å². The first kappa shape index (κ1) is 28.8. The van der Waals surface area contributed by atoms with Gasteiger partial charge < -0.3 is 14.9 Å². The van der Waals surface area contributed by atoms with E-state index in [-0.39, 0.29) is 54.1 Å². The maximum absolute atomic E-state index is 15.7. The Hall–Kier alpha value is -4.76. The molecule has 1 fully saturated rings. The summed E-state index contributed by atoms with van der Waals surface area (Å²) in [5.74, 6) is -2.84. The Balaban J connectivity index is 1.84. The molecule has 4 heterocycles. The summed E-state index contributed by atoms with van der Waals surface area (Å²) in [6.07, 6.45) is 2.41. The number of hydrogen-bond donors (Lipinski definition) is 2. The van der Waals surface area contributed by atoms with Gasteiger partial charge in [0, 0.05) is 31.9 Å². The van der Waals surface area contributed by atoms with Crippen LogP contribution in [0.3, 0.4) is 0 Å². The van der Waals surface area contributed by atoms with Gasteiger partial charge >= 0.3 is 5.69 Å². The molecule has 1 aliphatic heterocycles. The van der Waals surface area contributed by atoms with Crippen LogP contribution < -0.4 is 15.3 Å². The average molecular weight is 598 g/mol. The van der Waals surface area contributed by atoms with Gasteiger partial charge in [0.15, 0.2) is 16.5 Å². The topological polar surface area (TPSA) is 151 Å². The first-order valence-electron chi connectivity index (χ1n) is 12.7. The fourth-order valence-corrected chi connectivity index (χ4v) is 5.75. The van der Waals surface area contributed by atoms with Crippen molar-refractivity contribution in [3.05, 3.63) is 77.4 Å². The quantitative estimate of drug-likeness (QED) is 0.318. The Morgan fingerprint density at radius 1 is 1.17 bits per heavy atom. The summed E-state index contributed by atoms with van der Waals surface area (Å²) in [4.78, 5) is 41.6. The minimum absolute atomic E-state index is 0.00122. The third-order valence-corrected chi connectivity index (χ3v) is 8.29. The maximum Gasteiger partial charge on any atom is 0.355 e. The first-order chi connectivity index (χ1) is 20.0. The van der Waals surface area contributed by atoms with Crippen molar-refractivity contribution in [2.45, 2.75) is 18.0 Å². The predicted molar refractivity (Wildman–Crippen MR) is 150 cm³/mol. The molecule has 3 aromatic heterocycles. The minimum Gasteiger partial charge on any atom is -0.507 e. The molecule has 0 spiro atoms. The lowest BCUT2D eigenvalue weighted by Gasteiger charge is -2.40. The van der Waals surface area contributed by atoms with Gasteiger partial charge in [-0.05, 0) is 50.4 Å². The number of phenolic OH excluding ortho intramolecular Hbond substituents is 1. The number of nitrogens with one attached hydrogen (secondary N) is 1. The normalized spacial score (nSPS) is 15.7. The standard InChI is InChI=1S/C27H25F2N7O5S/c1-4-21(38)34-11-12-35(15(2)14-34)24-16-13-18(29)23(22-17(28)7-5-9-20(22)37)32-25(16)36(27(39)33-24)19-8-6-10-31-26(19)42(40,41)30-3/h4-10,13,15,30,37H,1,11-12,14H2,2-3H3/t15-/m0/s1. The van der Waals surface area contributed by atoms with Gasteiger partial charge in [-0.15, -0.1) is 0 Å². The second kappa shape index (κ2) is 10.9. The molecule has 5 rings (SSSR count). The predicted octanol–water partition coefficient (Wildman–Crippen LogP) is 1.96. The lowest BCUT2D eigenvalue weighted by atomic mass is 10.1. The molecule has 1 aliphatic rings. The molecular weight excluding hydrogens is 572 g/mol. The molecule has 1 atom stereocenters. The highest BCUT2D eigenvalue weighted by Gasteiger charge is 2.31. The number of phenols is 1. The SMILES string of the molecule is C=CC(=O)N1CCN(c2nc(=O)n(-c3cccnc3S(=O)(=O)NC)c3nc(-c4c(O)cccc4F)c(F)cc23)[C@@H](C)C1. The average Bonchev–Trinajstić information content (AvgIpc) is 2.97. The molecule has 0 unspecified atom stereocenters. The van der Waals surface area contributed by atoms with E-state index in [0.29, 0.717) is 0 Å². The number of hydrogen-bond acceptors (Lipinski definition) is 9. The van der Waals surface area contributed by atoms with Crippen LogP contribution in [0.5, 0.6) is 5.75 Å². The highest BCUT2D eigenvalue weighted by molar-refractivity contribution is 7.89. The summed E-state index contributed by atoms with van der Waals surface area (Å²) in [5.41, 5.74) is -2.63. The van der Waals surface area contributed by atoms with E-state index in [1.165, 1.54) is 37.5 Å². The Morgan fingerprint density at radius 2 is 1.93 bits per heavy atom. The summed E-state index contributed by atoms with van der Waals surface area (Å²) in [5, 5.41) is 9.84. The van der Waals surface area contributed by atoms with E-state index in [1.807, 2.05) is 0 Å². The van der Waals surface area contributed by atoms with Gasteiger partial charge in [0.2, 0.25) is 5.91 Å². The van der Waals surface area contributed by atoms with Gasteiger partial charge in [0.1, 0.15) is 23.1 Å². The van der Waals surface area contributed by atoms with Crippen molar-refractivity contribution in [2.75, 3.05) is 31.6 Å². The Labute approximate surface area is 238 Å². The van der Waals surface area contributed by atoms with Crippen molar-refractivity contribution in [3.63, 3.8) is 0 Å². The maximum atomic E-state index is 15.7. The second-order valence-electron chi connectivity index (χ2n) is 9.44. The molecule has 0 aliphatic carbocycles. The molecular formula is C27H25F2N7O5S. The van der Waals surface area contributed by atoms with Gasteiger partial charge in [-0.3, -0.25) is 4.79 Å². The molecule has 0 bridgehead atoms. The zero-order valence-corrected chi connectivity index (χ0v) is 23.3. The molecule has 12 nitrogen and oxygen atoms in total. The third-order valence-electron chi connectivity index (χ3n) is 6.93. The van der Waals surface area contributed by atoms with Crippen LogP contribution in [0, 0.1) is 11.6 Å². The summed E-state index contributed by atoms with van der Waals surface area (Å²) < 4.78 is 59.2. The number of rotatable bonds is 6. The summed E-state index contributed by atoms with van der Waals surface area (Å²) in [6.45, 7) is 6.02. The largest absolute Gasteiger partial charge is 0.507 e. The molecule has 1 aromatic carbocycles. The number of anilines is 1. The molecule has 15 heteroatoms. The van der Waals surface area contributed by atoms with Crippen LogP contribution in [0.1, 0.15) is 6.92 Å². The Morgan fingerprint density at radius 3 is 2.60 bits per heavy atom. The van der Waals surface area contributed by atoms with Crippen LogP contribution in [0.4, 0.5) is 14.6 Å². The van der Waals surface area contributed by atoms with Gasteiger partial charge in [-0.2, -0.15) is 4.98 Å². The van der Waals surface area contributed by atoms with Crippen LogP contribution in [0.15, 0.2) is 65.1 Å². The van der Waals surface area contributed by atoms with Crippen LogP contribution in [-0.4, -0.2) is 76.6 Å². The lowest BCUT2D eigenvalue weighted by Crippen LogP contribution is -2.54. The van der Waals surface area contributed by atoms with Crippen molar-refractivity contribution in [2.24, 2.45) is 0 Å². The molecule has 42 heavy (non-hydrogen) atoms. The van der Waals surface area contributed by atoms with Crippen molar-refractivity contribution in [1.82, 2.24) is 29.1 Å². The number of carbonyl (C=O) groups is 1. The molecule has 0 saturated carbocycles. The number of benzene rings is 1. The van der Waals surface area contributed by atoms with Crippen molar-refractivity contribution < 1.29 is 27.1 Å². The minimum atomic E-state index is -4.21. The zero-order chi connectivity index (χ0) is 30.3.